The maximum atomic E-state index is 12.3. The van der Waals surface area contributed by atoms with E-state index in [4.69, 9.17) is 4.74 Å². The van der Waals surface area contributed by atoms with Crippen LogP contribution in [0.4, 0.5) is 0 Å². The molecule has 1 rings (SSSR count). The van der Waals surface area contributed by atoms with Gasteiger partial charge in [-0.2, -0.15) is 0 Å². The van der Waals surface area contributed by atoms with E-state index in [-0.39, 0.29) is 5.75 Å². The average molecular weight is 313 g/mol. The van der Waals surface area contributed by atoms with Gasteiger partial charge in [0.1, 0.15) is 5.25 Å². The monoisotopic (exact) mass is 313 g/mol. The molecular formula is C15H23NO4S. The topological polar surface area (TPSA) is 72.5 Å². The van der Waals surface area contributed by atoms with E-state index in [1.807, 2.05) is 32.0 Å². The summed E-state index contributed by atoms with van der Waals surface area (Å²) in [6.07, 6.45) is 0. The highest BCUT2D eigenvalue weighted by Gasteiger charge is 2.27. The summed E-state index contributed by atoms with van der Waals surface area (Å²) in [6.45, 7) is 5.92. The number of methoxy groups -OCH3 is 1. The average Bonchev–Trinajstić information content (AvgIpc) is 2.36. The molecular weight excluding hydrogens is 290 g/mol. The van der Waals surface area contributed by atoms with Gasteiger partial charge in [-0.1, -0.05) is 29.3 Å². The molecule has 0 saturated heterocycles. The Bertz CT molecular complexity index is 575. The lowest BCUT2D eigenvalue weighted by Crippen LogP contribution is -2.39. The fourth-order valence-corrected chi connectivity index (χ4v) is 3.38. The molecule has 21 heavy (non-hydrogen) atoms. The van der Waals surface area contributed by atoms with E-state index < -0.39 is 21.0 Å². The number of amides is 1. The number of carbonyl (C=O) groups is 1. The highest BCUT2D eigenvalue weighted by atomic mass is 32.2. The third-order valence-corrected chi connectivity index (χ3v) is 5.19. The second-order valence-corrected chi connectivity index (χ2v) is 7.55. The number of ether oxygens (including phenoxy) is 1. The van der Waals surface area contributed by atoms with E-state index in [0.717, 1.165) is 11.1 Å². The van der Waals surface area contributed by atoms with Crippen LogP contribution in [0.25, 0.3) is 0 Å². The number of hydrogen-bond donors (Lipinski definition) is 1. The summed E-state index contributed by atoms with van der Waals surface area (Å²) in [6, 6.07) is 5.65. The fourth-order valence-electron chi connectivity index (χ4n) is 2.09. The van der Waals surface area contributed by atoms with Gasteiger partial charge >= 0.3 is 0 Å². The maximum Gasteiger partial charge on any atom is 0.238 e. The molecule has 0 radical (unpaired) electrons. The molecule has 0 spiro atoms. The third kappa shape index (κ3) is 5.47. The minimum absolute atomic E-state index is 0.131. The largest absolute Gasteiger partial charge is 0.383 e. The van der Waals surface area contributed by atoms with Crippen molar-refractivity contribution < 1.29 is 17.9 Å². The summed E-state index contributed by atoms with van der Waals surface area (Å²) < 4.78 is 29.4. The van der Waals surface area contributed by atoms with Crippen LogP contribution >= 0.6 is 0 Å². The highest BCUT2D eigenvalue weighted by Crippen LogP contribution is 2.15. The molecule has 1 unspecified atom stereocenters. The van der Waals surface area contributed by atoms with Gasteiger partial charge in [-0.25, -0.2) is 8.42 Å². The lowest BCUT2D eigenvalue weighted by atomic mass is 10.1. The van der Waals surface area contributed by atoms with Gasteiger partial charge in [0.25, 0.3) is 0 Å². The van der Waals surface area contributed by atoms with Crippen LogP contribution in [0.2, 0.25) is 0 Å². The van der Waals surface area contributed by atoms with Crippen molar-refractivity contribution in [2.75, 3.05) is 20.3 Å². The van der Waals surface area contributed by atoms with Gasteiger partial charge in [0.05, 0.1) is 12.4 Å². The zero-order valence-corrected chi connectivity index (χ0v) is 13.8. The van der Waals surface area contributed by atoms with Crippen LogP contribution in [0.5, 0.6) is 0 Å². The van der Waals surface area contributed by atoms with Crippen molar-refractivity contribution >= 4 is 15.7 Å². The summed E-state index contributed by atoms with van der Waals surface area (Å²) in [4.78, 5) is 11.8. The van der Waals surface area contributed by atoms with E-state index in [2.05, 4.69) is 5.32 Å². The van der Waals surface area contributed by atoms with E-state index in [0.29, 0.717) is 18.7 Å². The van der Waals surface area contributed by atoms with E-state index >= 15 is 0 Å². The Morgan fingerprint density at radius 1 is 1.24 bits per heavy atom. The predicted molar refractivity (Wildman–Crippen MR) is 82.9 cm³/mol. The van der Waals surface area contributed by atoms with Gasteiger partial charge in [0, 0.05) is 13.7 Å². The smallest absolute Gasteiger partial charge is 0.238 e. The summed E-state index contributed by atoms with van der Waals surface area (Å²) >= 11 is 0. The van der Waals surface area contributed by atoms with Crippen molar-refractivity contribution in [3.05, 3.63) is 34.9 Å². The van der Waals surface area contributed by atoms with Gasteiger partial charge in [-0.3, -0.25) is 4.79 Å². The maximum absolute atomic E-state index is 12.3. The predicted octanol–water partition coefficient (Wildman–Crippen LogP) is 1.37. The second-order valence-electron chi connectivity index (χ2n) is 5.23. The molecule has 1 amide bonds. The zero-order valence-electron chi connectivity index (χ0n) is 13.0. The molecule has 0 aromatic heterocycles. The molecule has 0 fully saturated rings. The first kappa shape index (κ1) is 17.7. The Hall–Kier alpha value is -1.40. The molecule has 6 heteroatoms. The molecule has 0 aliphatic rings. The van der Waals surface area contributed by atoms with Crippen LogP contribution in [-0.4, -0.2) is 39.8 Å². The van der Waals surface area contributed by atoms with Crippen molar-refractivity contribution in [1.29, 1.82) is 0 Å². The number of carbonyl (C=O) groups excluding carboxylic acids is 1. The van der Waals surface area contributed by atoms with E-state index in [1.165, 1.54) is 14.0 Å². The fraction of sp³-hybridized carbons (Fsp3) is 0.533. The molecule has 0 heterocycles. The highest BCUT2D eigenvalue weighted by molar-refractivity contribution is 7.92. The summed E-state index contributed by atoms with van der Waals surface area (Å²) in [5, 5.41) is 1.48. The molecule has 1 aromatic carbocycles. The van der Waals surface area contributed by atoms with Gasteiger partial charge in [-0.05, 0) is 26.3 Å². The quantitative estimate of drug-likeness (QED) is 0.772. The Balaban J connectivity index is 2.78. The first-order valence-electron chi connectivity index (χ1n) is 6.81. The number of aryl methyl sites for hydroxylation is 2. The molecule has 0 aliphatic carbocycles. The van der Waals surface area contributed by atoms with E-state index in [1.54, 1.807) is 0 Å². The SMILES string of the molecule is COCCNC(=O)C(C)S(=O)(=O)Cc1cc(C)cc(C)c1. The first-order chi connectivity index (χ1) is 9.76. The molecule has 0 saturated carbocycles. The Morgan fingerprint density at radius 3 is 2.33 bits per heavy atom. The molecule has 0 bridgehead atoms. The van der Waals surface area contributed by atoms with Crippen molar-refractivity contribution in [2.45, 2.75) is 31.8 Å². The van der Waals surface area contributed by atoms with Crippen LogP contribution in [0, 0.1) is 13.8 Å². The molecule has 5 nitrogen and oxygen atoms in total. The summed E-state index contributed by atoms with van der Waals surface area (Å²) in [7, 11) is -2.02. The van der Waals surface area contributed by atoms with Crippen LogP contribution in [0.3, 0.4) is 0 Å². The molecule has 118 valence electrons. The van der Waals surface area contributed by atoms with Gasteiger partial charge in [0.15, 0.2) is 9.84 Å². The van der Waals surface area contributed by atoms with Crippen molar-refractivity contribution in [2.24, 2.45) is 0 Å². The molecule has 1 aromatic rings. The molecule has 0 aliphatic heterocycles. The normalized spacial score (nSPS) is 13.0. The lowest BCUT2D eigenvalue weighted by Gasteiger charge is -2.14. The number of nitrogens with one attached hydrogen (secondary N) is 1. The first-order valence-corrected chi connectivity index (χ1v) is 8.53. The number of hydrogen-bond acceptors (Lipinski definition) is 4. The summed E-state index contributed by atoms with van der Waals surface area (Å²) in [5.41, 5.74) is 2.74. The second kappa shape index (κ2) is 7.56. The van der Waals surface area contributed by atoms with E-state index in [9.17, 15) is 13.2 Å². The van der Waals surface area contributed by atoms with Crippen LogP contribution in [-0.2, 0) is 25.1 Å². The van der Waals surface area contributed by atoms with Crippen molar-refractivity contribution in [1.82, 2.24) is 5.32 Å². The van der Waals surface area contributed by atoms with Gasteiger partial charge in [-0.15, -0.1) is 0 Å². The Kier molecular flexibility index (Phi) is 6.36. The Morgan fingerprint density at radius 2 is 1.81 bits per heavy atom. The van der Waals surface area contributed by atoms with Crippen LogP contribution in [0.1, 0.15) is 23.6 Å². The summed E-state index contributed by atoms with van der Waals surface area (Å²) in [5.74, 6) is -0.620. The zero-order chi connectivity index (χ0) is 16.0. The van der Waals surface area contributed by atoms with Crippen molar-refractivity contribution in [3.8, 4) is 0 Å². The number of sulfone groups is 1. The number of benzene rings is 1. The van der Waals surface area contributed by atoms with Gasteiger partial charge in [0.2, 0.25) is 5.91 Å². The van der Waals surface area contributed by atoms with Crippen molar-refractivity contribution in [3.63, 3.8) is 0 Å². The van der Waals surface area contributed by atoms with Gasteiger partial charge < -0.3 is 10.1 Å². The lowest BCUT2D eigenvalue weighted by molar-refractivity contribution is -0.120. The third-order valence-electron chi connectivity index (χ3n) is 3.16. The standard InChI is InChI=1S/C15H23NO4S/c1-11-7-12(2)9-14(8-11)10-21(18,19)13(3)15(17)16-5-6-20-4/h7-9,13H,5-6,10H2,1-4H3,(H,16,17). The minimum atomic E-state index is -3.54. The Labute approximate surface area is 126 Å². The van der Waals surface area contributed by atoms with Crippen LogP contribution in [0.15, 0.2) is 18.2 Å². The molecule has 1 N–H and O–H groups in total. The molecule has 1 atom stereocenters. The van der Waals surface area contributed by atoms with Crippen LogP contribution < -0.4 is 5.32 Å². The minimum Gasteiger partial charge on any atom is -0.383 e. The number of rotatable bonds is 7.